The van der Waals surface area contributed by atoms with Crippen LogP contribution in [-0.2, 0) is 0 Å². The largest absolute Gasteiger partial charge is 0.321 e. The quantitative estimate of drug-likeness (QED) is 0.812. The first kappa shape index (κ1) is 14.2. The third kappa shape index (κ3) is 3.61. The third-order valence-electron chi connectivity index (χ3n) is 2.55. The smallest absolute Gasteiger partial charge is 0.256 e. The number of halogens is 1. The van der Waals surface area contributed by atoms with Crippen LogP contribution in [0, 0.1) is 0 Å². The summed E-state index contributed by atoms with van der Waals surface area (Å²) in [6, 6.07) is 15.3. The third-order valence-corrected chi connectivity index (χ3v) is 4.20. The van der Waals surface area contributed by atoms with Crippen LogP contribution >= 0.6 is 27.7 Å². The average Bonchev–Trinajstić information content (AvgIpc) is 2.42. The van der Waals surface area contributed by atoms with E-state index in [1.165, 1.54) is 0 Å². The maximum Gasteiger partial charge on any atom is 0.256 e. The molecule has 19 heavy (non-hydrogen) atoms. The Bertz CT molecular complexity index is 586. The lowest BCUT2D eigenvalue weighted by Gasteiger charge is -2.10. The van der Waals surface area contributed by atoms with Crippen molar-refractivity contribution in [3.63, 3.8) is 0 Å². The number of nitrogens with one attached hydrogen (secondary N) is 1. The number of hydrogen-bond acceptors (Lipinski definition) is 2. The van der Waals surface area contributed by atoms with E-state index in [-0.39, 0.29) is 5.91 Å². The Balaban J connectivity index is 2.23. The number of carbonyl (C=O) groups excluding carboxylic acids is 1. The summed E-state index contributed by atoms with van der Waals surface area (Å²) >= 11 is 5.10. The van der Waals surface area contributed by atoms with Gasteiger partial charge in [0.25, 0.3) is 5.91 Å². The van der Waals surface area contributed by atoms with Gasteiger partial charge < -0.3 is 5.32 Å². The Kier molecular flexibility index (Phi) is 5.05. The lowest BCUT2D eigenvalue weighted by molar-refractivity contribution is 0.102. The Morgan fingerprint density at radius 1 is 1.16 bits per heavy atom. The molecule has 0 aliphatic rings. The van der Waals surface area contributed by atoms with Crippen molar-refractivity contribution in [1.29, 1.82) is 0 Å². The highest BCUT2D eigenvalue weighted by molar-refractivity contribution is 9.10. The molecule has 0 radical (unpaired) electrons. The molecule has 0 aliphatic heterocycles. The van der Waals surface area contributed by atoms with Crippen molar-refractivity contribution < 1.29 is 4.79 Å². The number of benzene rings is 2. The van der Waals surface area contributed by atoms with Crippen LogP contribution in [0.5, 0.6) is 0 Å². The topological polar surface area (TPSA) is 29.1 Å². The highest BCUT2D eigenvalue weighted by Gasteiger charge is 2.12. The zero-order valence-electron chi connectivity index (χ0n) is 10.5. The standard InChI is InChI=1S/C15H14BrNOS/c1-2-19-14-10-6-3-7-11(14)15(18)17-13-9-5-4-8-12(13)16/h3-10H,2H2,1H3,(H,17,18). The second-order valence-electron chi connectivity index (χ2n) is 3.86. The number of rotatable bonds is 4. The van der Waals surface area contributed by atoms with Gasteiger partial charge in [-0.3, -0.25) is 4.79 Å². The van der Waals surface area contributed by atoms with Gasteiger partial charge in [0.05, 0.1) is 11.3 Å². The number of hydrogen-bond donors (Lipinski definition) is 1. The van der Waals surface area contributed by atoms with Crippen molar-refractivity contribution in [2.75, 3.05) is 11.1 Å². The molecule has 2 aromatic carbocycles. The lowest BCUT2D eigenvalue weighted by Crippen LogP contribution is -2.13. The molecule has 2 aromatic rings. The highest BCUT2D eigenvalue weighted by atomic mass is 79.9. The number of para-hydroxylation sites is 1. The predicted molar refractivity (Wildman–Crippen MR) is 84.9 cm³/mol. The Morgan fingerprint density at radius 2 is 1.84 bits per heavy atom. The summed E-state index contributed by atoms with van der Waals surface area (Å²) in [7, 11) is 0. The van der Waals surface area contributed by atoms with Crippen LogP contribution in [0.1, 0.15) is 17.3 Å². The Hall–Kier alpha value is -1.26. The van der Waals surface area contributed by atoms with Crippen LogP contribution in [-0.4, -0.2) is 11.7 Å². The van der Waals surface area contributed by atoms with Crippen molar-refractivity contribution in [3.8, 4) is 0 Å². The molecule has 1 N–H and O–H groups in total. The Labute approximate surface area is 125 Å². The zero-order chi connectivity index (χ0) is 13.7. The molecule has 2 rings (SSSR count). The average molecular weight is 336 g/mol. The fraction of sp³-hybridized carbons (Fsp3) is 0.133. The minimum Gasteiger partial charge on any atom is -0.321 e. The van der Waals surface area contributed by atoms with Gasteiger partial charge in [0, 0.05) is 9.37 Å². The van der Waals surface area contributed by atoms with Crippen LogP contribution in [0.2, 0.25) is 0 Å². The molecule has 0 aromatic heterocycles. The fourth-order valence-corrected chi connectivity index (χ4v) is 2.87. The van der Waals surface area contributed by atoms with Gasteiger partial charge in [0.1, 0.15) is 0 Å². The second-order valence-corrected chi connectivity index (χ2v) is 6.02. The molecule has 0 aliphatic carbocycles. The summed E-state index contributed by atoms with van der Waals surface area (Å²) in [6.07, 6.45) is 0. The number of carbonyl (C=O) groups is 1. The second kappa shape index (κ2) is 6.78. The number of amides is 1. The number of thioether (sulfide) groups is 1. The fourth-order valence-electron chi connectivity index (χ4n) is 1.69. The van der Waals surface area contributed by atoms with Crippen molar-refractivity contribution in [2.24, 2.45) is 0 Å². The molecular weight excluding hydrogens is 322 g/mol. The van der Waals surface area contributed by atoms with E-state index >= 15 is 0 Å². The van der Waals surface area contributed by atoms with E-state index in [1.807, 2.05) is 48.5 Å². The summed E-state index contributed by atoms with van der Waals surface area (Å²) in [5, 5.41) is 2.93. The molecule has 0 atom stereocenters. The zero-order valence-corrected chi connectivity index (χ0v) is 12.9. The summed E-state index contributed by atoms with van der Waals surface area (Å²) in [5.41, 5.74) is 1.49. The maximum atomic E-state index is 12.3. The maximum absolute atomic E-state index is 12.3. The molecule has 0 saturated heterocycles. The molecule has 4 heteroatoms. The van der Waals surface area contributed by atoms with Crippen molar-refractivity contribution >= 4 is 39.3 Å². The van der Waals surface area contributed by atoms with Crippen molar-refractivity contribution in [1.82, 2.24) is 0 Å². The number of anilines is 1. The van der Waals surface area contributed by atoms with Gasteiger partial charge in [-0.15, -0.1) is 11.8 Å². The normalized spacial score (nSPS) is 10.2. The molecule has 98 valence electrons. The van der Waals surface area contributed by atoms with Crippen LogP contribution in [0.4, 0.5) is 5.69 Å². The first-order valence-electron chi connectivity index (χ1n) is 6.00. The van der Waals surface area contributed by atoms with Gasteiger partial charge in [-0.05, 0) is 45.9 Å². The molecule has 1 amide bonds. The van der Waals surface area contributed by atoms with E-state index in [9.17, 15) is 4.79 Å². The van der Waals surface area contributed by atoms with Gasteiger partial charge >= 0.3 is 0 Å². The van der Waals surface area contributed by atoms with Crippen LogP contribution in [0.25, 0.3) is 0 Å². The monoisotopic (exact) mass is 335 g/mol. The van der Waals surface area contributed by atoms with Crippen LogP contribution < -0.4 is 5.32 Å². The van der Waals surface area contributed by atoms with Gasteiger partial charge in [0.15, 0.2) is 0 Å². The summed E-state index contributed by atoms with van der Waals surface area (Å²) in [5.74, 6) is 0.864. The molecule has 0 saturated carbocycles. The summed E-state index contributed by atoms with van der Waals surface area (Å²) in [4.78, 5) is 13.3. The van der Waals surface area contributed by atoms with Gasteiger partial charge in [0.2, 0.25) is 0 Å². The Morgan fingerprint density at radius 3 is 2.58 bits per heavy atom. The molecule has 0 unspecified atom stereocenters. The van der Waals surface area contributed by atoms with E-state index in [2.05, 4.69) is 28.2 Å². The van der Waals surface area contributed by atoms with E-state index in [0.717, 1.165) is 20.8 Å². The van der Waals surface area contributed by atoms with Crippen molar-refractivity contribution in [2.45, 2.75) is 11.8 Å². The molecule has 0 heterocycles. The SMILES string of the molecule is CCSc1ccccc1C(=O)Nc1ccccc1Br. The molecule has 0 spiro atoms. The lowest BCUT2D eigenvalue weighted by atomic mass is 10.2. The van der Waals surface area contributed by atoms with Gasteiger partial charge in [-0.25, -0.2) is 0 Å². The molecule has 2 nitrogen and oxygen atoms in total. The highest BCUT2D eigenvalue weighted by Crippen LogP contribution is 2.25. The minimum atomic E-state index is -0.0801. The van der Waals surface area contributed by atoms with E-state index < -0.39 is 0 Å². The van der Waals surface area contributed by atoms with E-state index in [1.54, 1.807) is 11.8 Å². The summed E-state index contributed by atoms with van der Waals surface area (Å²) in [6.45, 7) is 2.08. The van der Waals surface area contributed by atoms with E-state index in [0.29, 0.717) is 5.56 Å². The molecule has 0 fully saturated rings. The van der Waals surface area contributed by atoms with Gasteiger partial charge in [-0.2, -0.15) is 0 Å². The predicted octanol–water partition coefficient (Wildman–Crippen LogP) is 4.81. The van der Waals surface area contributed by atoms with E-state index in [4.69, 9.17) is 0 Å². The van der Waals surface area contributed by atoms with Gasteiger partial charge in [-0.1, -0.05) is 31.2 Å². The van der Waals surface area contributed by atoms with Crippen LogP contribution in [0.15, 0.2) is 57.9 Å². The molecule has 0 bridgehead atoms. The summed E-state index contributed by atoms with van der Waals surface area (Å²) < 4.78 is 0.879. The minimum absolute atomic E-state index is 0.0801. The first-order valence-corrected chi connectivity index (χ1v) is 7.78. The molecular formula is C15H14BrNOS. The van der Waals surface area contributed by atoms with Crippen molar-refractivity contribution in [3.05, 3.63) is 58.6 Å². The first-order chi connectivity index (χ1) is 9.22. The van der Waals surface area contributed by atoms with Crippen LogP contribution in [0.3, 0.4) is 0 Å².